The zero-order chi connectivity index (χ0) is 20.2. The molecule has 2 aromatic carbocycles. The average molecular weight is 405 g/mol. The first-order valence-corrected chi connectivity index (χ1v) is 10.1. The Morgan fingerprint density at radius 3 is 2.62 bits per heavy atom. The largest absolute Gasteiger partial charge is 0.494 e. The summed E-state index contributed by atoms with van der Waals surface area (Å²) in [7, 11) is 0. The molecule has 1 unspecified atom stereocenters. The van der Waals surface area contributed by atoms with Crippen LogP contribution in [0.4, 0.5) is 0 Å². The molecule has 2 aromatic heterocycles. The van der Waals surface area contributed by atoms with Crippen LogP contribution in [-0.4, -0.2) is 12.5 Å². The fraction of sp³-hybridized carbons (Fsp3) is 0.130. The molecule has 0 saturated carbocycles. The zero-order valence-electron chi connectivity index (χ0n) is 15.8. The van der Waals surface area contributed by atoms with Gasteiger partial charge in [-0.05, 0) is 48.2 Å². The molecule has 0 aliphatic rings. The fourth-order valence-electron chi connectivity index (χ4n) is 3.13. The summed E-state index contributed by atoms with van der Waals surface area (Å²) in [5, 5.41) is 5.63. The lowest BCUT2D eigenvalue weighted by molar-refractivity contribution is 0.0940. The van der Waals surface area contributed by atoms with Gasteiger partial charge in [0.25, 0.3) is 5.91 Å². The first-order valence-electron chi connectivity index (χ1n) is 9.25. The third kappa shape index (κ3) is 4.07. The van der Waals surface area contributed by atoms with Crippen LogP contribution in [0.2, 0.25) is 0 Å². The second-order valence-corrected chi connectivity index (χ2v) is 7.39. The number of carbonyl (C=O) groups excluding carboxylic acids is 1. The molecule has 0 aliphatic heterocycles. The first-order chi connectivity index (χ1) is 14.2. The second kappa shape index (κ2) is 8.32. The van der Waals surface area contributed by atoms with Crippen molar-refractivity contribution in [1.29, 1.82) is 0 Å². The van der Waals surface area contributed by atoms with Crippen molar-refractivity contribution in [2.24, 2.45) is 0 Å². The van der Waals surface area contributed by atoms with E-state index in [0.717, 1.165) is 16.2 Å². The zero-order valence-corrected chi connectivity index (χ0v) is 16.6. The molecule has 1 atom stereocenters. The van der Waals surface area contributed by atoms with Crippen molar-refractivity contribution in [3.8, 4) is 5.75 Å². The van der Waals surface area contributed by atoms with Gasteiger partial charge in [-0.2, -0.15) is 0 Å². The third-order valence-corrected chi connectivity index (χ3v) is 5.45. The highest BCUT2D eigenvalue weighted by molar-refractivity contribution is 7.10. The van der Waals surface area contributed by atoms with E-state index in [1.807, 2.05) is 54.8 Å². The minimum atomic E-state index is -0.655. The van der Waals surface area contributed by atoms with Gasteiger partial charge in [0.05, 0.1) is 12.6 Å². The van der Waals surface area contributed by atoms with E-state index in [-0.39, 0.29) is 11.6 Å². The van der Waals surface area contributed by atoms with E-state index in [2.05, 4.69) is 5.32 Å². The summed E-state index contributed by atoms with van der Waals surface area (Å²) in [6.07, 6.45) is 0. The molecule has 2 heterocycles. The van der Waals surface area contributed by atoms with Gasteiger partial charge in [-0.25, -0.2) is 4.79 Å². The number of amides is 1. The summed E-state index contributed by atoms with van der Waals surface area (Å²) < 4.78 is 10.8. The van der Waals surface area contributed by atoms with Crippen LogP contribution < -0.4 is 15.7 Å². The molecule has 0 aliphatic carbocycles. The van der Waals surface area contributed by atoms with Crippen LogP contribution in [0, 0.1) is 0 Å². The van der Waals surface area contributed by atoms with Gasteiger partial charge in [-0.1, -0.05) is 36.4 Å². The van der Waals surface area contributed by atoms with Crippen molar-refractivity contribution in [3.63, 3.8) is 0 Å². The summed E-state index contributed by atoms with van der Waals surface area (Å²) in [5.74, 6) is 0.291. The molecule has 4 rings (SSSR count). The number of fused-ring (bicyclic) bond motifs is 1. The number of nitrogens with one attached hydrogen (secondary N) is 1. The van der Waals surface area contributed by atoms with Crippen LogP contribution in [0.5, 0.6) is 5.75 Å². The molecular weight excluding hydrogens is 386 g/mol. The van der Waals surface area contributed by atoms with Gasteiger partial charge in [-0.3, -0.25) is 4.79 Å². The maximum absolute atomic E-state index is 13.0. The minimum Gasteiger partial charge on any atom is -0.494 e. The van der Waals surface area contributed by atoms with Crippen LogP contribution in [0.25, 0.3) is 11.0 Å². The molecule has 146 valence electrons. The monoisotopic (exact) mass is 405 g/mol. The molecule has 6 heteroatoms. The van der Waals surface area contributed by atoms with Crippen LogP contribution in [0.3, 0.4) is 0 Å². The van der Waals surface area contributed by atoms with Crippen molar-refractivity contribution >= 4 is 28.2 Å². The van der Waals surface area contributed by atoms with Gasteiger partial charge >= 0.3 is 5.63 Å². The lowest BCUT2D eigenvalue weighted by Crippen LogP contribution is -2.32. The molecule has 0 saturated heterocycles. The van der Waals surface area contributed by atoms with Gasteiger partial charge in [-0.15, -0.1) is 11.3 Å². The topological polar surface area (TPSA) is 68.5 Å². The first kappa shape index (κ1) is 19.0. The van der Waals surface area contributed by atoms with Gasteiger partial charge in [0.2, 0.25) is 0 Å². The standard InChI is InChI=1S/C23H19NO4S/c1-2-27-17-11-9-15(10-12-17)21(20-8-5-13-29-20)24-22(25)18-14-16-6-3-4-7-19(16)28-23(18)26/h3-14,21H,2H2,1H3,(H,24,25). The Bertz CT molecular complexity index is 1180. The predicted octanol–water partition coefficient (Wildman–Crippen LogP) is 4.77. The quantitative estimate of drug-likeness (QED) is 0.469. The lowest BCUT2D eigenvalue weighted by Gasteiger charge is -2.18. The highest BCUT2D eigenvalue weighted by Gasteiger charge is 2.21. The Labute approximate surface area is 171 Å². The Morgan fingerprint density at radius 1 is 1.10 bits per heavy atom. The molecule has 4 aromatic rings. The predicted molar refractivity (Wildman–Crippen MR) is 114 cm³/mol. The Balaban J connectivity index is 1.67. The number of carbonyl (C=O) groups is 1. The Morgan fingerprint density at radius 2 is 1.90 bits per heavy atom. The van der Waals surface area contributed by atoms with Crippen LogP contribution in [-0.2, 0) is 0 Å². The minimum absolute atomic E-state index is 0.0174. The number of ether oxygens (including phenoxy) is 1. The van der Waals surface area contributed by atoms with Gasteiger partial charge < -0.3 is 14.5 Å². The molecular formula is C23H19NO4S. The van der Waals surface area contributed by atoms with E-state index < -0.39 is 11.5 Å². The molecule has 0 bridgehead atoms. The number of hydrogen-bond donors (Lipinski definition) is 1. The van der Waals surface area contributed by atoms with Gasteiger partial charge in [0.15, 0.2) is 0 Å². The lowest BCUT2D eigenvalue weighted by atomic mass is 10.0. The van der Waals surface area contributed by atoms with E-state index in [4.69, 9.17) is 9.15 Å². The molecule has 0 spiro atoms. The summed E-state index contributed by atoms with van der Waals surface area (Å²) in [6.45, 7) is 2.51. The van der Waals surface area contributed by atoms with Crippen molar-refractivity contribution in [2.45, 2.75) is 13.0 Å². The van der Waals surface area contributed by atoms with Crippen molar-refractivity contribution < 1.29 is 13.9 Å². The molecule has 0 fully saturated rings. The number of benzene rings is 2. The fourth-order valence-corrected chi connectivity index (χ4v) is 3.93. The van der Waals surface area contributed by atoms with Gasteiger partial charge in [0, 0.05) is 10.3 Å². The normalized spacial score (nSPS) is 11.9. The van der Waals surface area contributed by atoms with E-state index in [9.17, 15) is 9.59 Å². The van der Waals surface area contributed by atoms with Crippen molar-refractivity contribution in [3.05, 3.63) is 98.5 Å². The third-order valence-electron chi connectivity index (χ3n) is 4.51. The van der Waals surface area contributed by atoms with E-state index in [1.165, 1.54) is 11.3 Å². The summed E-state index contributed by atoms with van der Waals surface area (Å²) in [6, 6.07) is 19.8. The maximum atomic E-state index is 13.0. The van der Waals surface area contributed by atoms with Gasteiger partial charge in [0.1, 0.15) is 16.9 Å². The Hall–Kier alpha value is -3.38. The van der Waals surface area contributed by atoms with Crippen molar-refractivity contribution in [2.75, 3.05) is 6.61 Å². The van der Waals surface area contributed by atoms with Crippen molar-refractivity contribution in [1.82, 2.24) is 5.32 Å². The number of para-hydroxylation sites is 1. The second-order valence-electron chi connectivity index (χ2n) is 6.41. The smallest absolute Gasteiger partial charge is 0.349 e. The summed E-state index contributed by atoms with van der Waals surface area (Å²) in [4.78, 5) is 26.3. The highest BCUT2D eigenvalue weighted by Crippen LogP contribution is 2.28. The molecule has 0 radical (unpaired) electrons. The SMILES string of the molecule is CCOc1ccc(C(NC(=O)c2cc3ccccc3oc2=O)c2cccs2)cc1. The average Bonchev–Trinajstić information content (AvgIpc) is 3.27. The Kier molecular flexibility index (Phi) is 5.44. The maximum Gasteiger partial charge on any atom is 0.349 e. The summed E-state index contributed by atoms with van der Waals surface area (Å²) in [5.41, 5.74) is 0.679. The van der Waals surface area contributed by atoms with Crippen LogP contribution >= 0.6 is 11.3 Å². The molecule has 1 N–H and O–H groups in total. The molecule has 1 amide bonds. The van der Waals surface area contributed by atoms with E-state index in [1.54, 1.807) is 24.3 Å². The van der Waals surface area contributed by atoms with E-state index >= 15 is 0 Å². The van der Waals surface area contributed by atoms with Crippen LogP contribution in [0.1, 0.15) is 33.8 Å². The van der Waals surface area contributed by atoms with Crippen LogP contribution in [0.15, 0.2) is 81.3 Å². The molecule has 5 nitrogen and oxygen atoms in total. The highest BCUT2D eigenvalue weighted by atomic mass is 32.1. The number of thiophene rings is 1. The summed E-state index contributed by atoms with van der Waals surface area (Å²) >= 11 is 1.54. The van der Waals surface area contributed by atoms with E-state index in [0.29, 0.717) is 17.6 Å². The number of rotatable bonds is 6. The molecule has 29 heavy (non-hydrogen) atoms. The number of hydrogen-bond acceptors (Lipinski definition) is 5.